The number of nitrogens with one attached hydrogen (secondary N) is 1. The predicted molar refractivity (Wildman–Crippen MR) is 78.5 cm³/mol. The highest BCUT2D eigenvalue weighted by Crippen LogP contribution is 2.26. The van der Waals surface area contributed by atoms with Crippen LogP contribution in [0.25, 0.3) is 0 Å². The molecule has 6 heteroatoms. The first-order valence-corrected chi connectivity index (χ1v) is 6.63. The van der Waals surface area contributed by atoms with Crippen molar-refractivity contribution < 1.29 is 24.5 Å². The molecule has 0 spiro atoms. The van der Waals surface area contributed by atoms with Crippen LogP contribution in [0.2, 0.25) is 0 Å². The van der Waals surface area contributed by atoms with Gasteiger partial charge in [-0.3, -0.25) is 10.1 Å². The van der Waals surface area contributed by atoms with Gasteiger partial charge in [0.15, 0.2) is 0 Å². The molecule has 1 amide bonds. The van der Waals surface area contributed by atoms with Gasteiger partial charge in [-0.2, -0.15) is 0 Å². The highest BCUT2D eigenvalue weighted by molar-refractivity contribution is 5.87. The summed E-state index contributed by atoms with van der Waals surface area (Å²) in [6.45, 7) is 6.81. The summed E-state index contributed by atoms with van der Waals surface area (Å²) >= 11 is 0. The maximum absolute atomic E-state index is 11.6. The molecule has 3 N–H and O–H groups in total. The smallest absolute Gasteiger partial charge is 0.412 e. The van der Waals surface area contributed by atoms with Crippen LogP contribution in [-0.4, -0.2) is 27.9 Å². The van der Waals surface area contributed by atoms with Crippen LogP contribution < -0.4 is 5.32 Å². The van der Waals surface area contributed by atoms with Crippen LogP contribution in [0.5, 0.6) is 5.75 Å². The van der Waals surface area contributed by atoms with E-state index < -0.39 is 23.6 Å². The molecule has 1 rings (SSSR count). The van der Waals surface area contributed by atoms with E-state index in [9.17, 15) is 14.7 Å². The highest BCUT2D eigenvalue weighted by Gasteiger charge is 2.18. The van der Waals surface area contributed by atoms with Gasteiger partial charge in [0.2, 0.25) is 0 Å². The molecule has 0 radical (unpaired) electrons. The Morgan fingerprint density at radius 2 is 1.95 bits per heavy atom. The van der Waals surface area contributed by atoms with Crippen molar-refractivity contribution in [1.82, 2.24) is 0 Å². The van der Waals surface area contributed by atoms with Gasteiger partial charge in [0.25, 0.3) is 0 Å². The molecule has 21 heavy (non-hydrogen) atoms. The molecule has 0 aliphatic carbocycles. The fourth-order valence-electron chi connectivity index (χ4n) is 1.66. The molecule has 0 fully saturated rings. The Labute approximate surface area is 123 Å². The third-order valence-electron chi connectivity index (χ3n) is 2.66. The number of carbonyl (C=O) groups is 2. The average Bonchev–Trinajstić information content (AvgIpc) is 2.30. The van der Waals surface area contributed by atoms with E-state index in [0.29, 0.717) is 12.0 Å². The van der Waals surface area contributed by atoms with Gasteiger partial charge in [-0.05, 0) is 44.9 Å². The molecule has 0 heterocycles. The summed E-state index contributed by atoms with van der Waals surface area (Å²) in [5, 5.41) is 21.2. The average molecular weight is 295 g/mol. The van der Waals surface area contributed by atoms with E-state index in [1.807, 2.05) is 0 Å². The van der Waals surface area contributed by atoms with E-state index in [-0.39, 0.29) is 11.4 Å². The number of hydrogen-bond acceptors (Lipinski definition) is 4. The number of carboxylic acid groups (broad SMARTS) is 1. The molecule has 1 unspecified atom stereocenters. The van der Waals surface area contributed by atoms with Crippen LogP contribution in [0.15, 0.2) is 18.2 Å². The first-order valence-electron chi connectivity index (χ1n) is 6.63. The Balaban J connectivity index is 2.75. The Hall–Kier alpha value is -2.24. The van der Waals surface area contributed by atoms with Crippen molar-refractivity contribution >= 4 is 17.7 Å². The molecule has 0 saturated carbocycles. The van der Waals surface area contributed by atoms with Gasteiger partial charge in [-0.1, -0.05) is 13.0 Å². The van der Waals surface area contributed by atoms with Gasteiger partial charge in [0.05, 0.1) is 11.6 Å². The van der Waals surface area contributed by atoms with E-state index in [1.54, 1.807) is 33.8 Å². The van der Waals surface area contributed by atoms with Crippen molar-refractivity contribution in [2.45, 2.75) is 39.7 Å². The Bertz CT molecular complexity index is 533. The Morgan fingerprint density at radius 3 is 2.43 bits per heavy atom. The number of carboxylic acids is 1. The summed E-state index contributed by atoms with van der Waals surface area (Å²) in [5.74, 6) is -1.57. The fraction of sp³-hybridized carbons (Fsp3) is 0.467. The molecule has 0 bridgehead atoms. The molecule has 1 aromatic carbocycles. The molecule has 116 valence electrons. The topological polar surface area (TPSA) is 95.9 Å². The molecule has 0 saturated heterocycles. The standard InChI is InChI=1S/C15H21NO5/c1-9(13(18)19)7-10-5-6-11(12(17)8-10)16-14(20)21-15(2,3)4/h5-6,8-9,17H,7H2,1-4H3,(H,16,20)(H,18,19). The maximum Gasteiger partial charge on any atom is 0.412 e. The van der Waals surface area contributed by atoms with Crippen LogP contribution in [-0.2, 0) is 16.0 Å². The minimum absolute atomic E-state index is 0.129. The largest absolute Gasteiger partial charge is 0.506 e. The van der Waals surface area contributed by atoms with Crippen molar-refractivity contribution in [2.75, 3.05) is 5.32 Å². The van der Waals surface area contributed by atoms with Crippen LogP contribution in [0.4, 0.5) is 10.5 Å². The number of aromatic hydroxyl groups is 1. The number of hydrogen-bond donors (Lipinski definition) is 3. The second-order valence-corrected chi connectivity index (χ2v) is 5.92. The second-order valence-electron chi connectivity index (χ2n) is 5.92. The quantitative estimate of drug-likeness (QED) is 0.742. The van der Waals surface area contributed by atoms with Gasteiger partial charge in [0.1, 0.15) is 11.4 Å². The monoisotopic (exact) mass is 295 g/mol. The number of amides is 1. The van der Waals surface area contributed by atoms with Gasteiger partial charge >= 0.3 is 12.1 Å². The molecule has 0 aliphatic rings. The Morgan fingerprint density at radius 1 is 1.33 bits per heavy atom. The summed E-state index contributed by atoms with van der Waals surface area (Å²) in [6, 6.07) is 4.61. The van der Waals surface area contributed by atoms with Crippen LogP contribution in [0, 0.1) is 5.92 Å². The van der Waals surface area contributed by atoms with Gasteiger partial charge in [-0.25, -0.2) is 4.79 Å². The number of carbonyl (C=O) groups excluding carboxylic acids is 1. The van der Waals surface area contributed by atoms with Crippen molar-refractivity contribution in [1.29, 1.82) is 0 Å². The first-order chi connectivity index (χ1) is 9.58. The van der Waals surface area contributed by atoms with Crippen molar-refractivity contribution in [3.05, 3.63) is 23.8 Å². The highest BCUT2D eigenvalue weighted by atomic mass is 16.6. The molecule has 0 aromatic heterocycles. The van der Waals surface area contributed by atoms with E-state index in [2.05, 4.69) is 5.32 Å². The number of phenols is 1. The molecule has 1 aromatic rings. The molecule has 1 atom stereocenters. The summed E-state index contributed by atoms with van der Waals surface area (Å²) in [7, 11) is 0. The summed E-state index contributed by atoms with van der Waals surface area (Å²) in [4.78, 5) is 22.4. The lowest BCUT2D eigenvalue weighted by Gasteiger charge is -2.20. The number of benzene rings is 1. The normalized spacial score (nSPS) is 12.6. The number of anilines is 1. The van der Waals surface area contributed by atoms with Crippen LogP contribution >= 0.6 is 0 Å². The van der Waals surface area contributed by atoms with Crippen LogP contribution in [0.3, 0.4) is 0 Å². The Kier molecular flexibility index (Phi) is 5.18. The van der Waals surface area contributed by atoms with E-state index >= 15 is 0 Å². The van der Waals surface area contributed by atoms with Crippen molar-refractivity contribution in [3.63, 3.8) is 0 Å². The first kappa shape index (κ1) is 16.8. The third kappa shape index (κ3) is 5.72. The van der Waals surface area contributed by atoms with Gasteiger partial charge < -0.3 is 14.9 Å². The zero-order valence-corrected chi connectivity index (χ0v) is 12.6. The van der Waals surface area contributed by atoms with E-state index in [4.69, 9.17) is 9.84 Å². The zero-order chi connectivity index (χ0) is 16.2. The lowest BCUT2D eigenvalue weighted by Crippen LogP contribution is -2.27. The van der Waals surface area contributed by atoms with Gasteiger partial charge in [0, 0.05) is 0 Å². The summed E-state index contributed by atoms with van der Waals surface area (Å²) in [5.41, 5.74) is 0.268. The van der Waals surface area contributed by atoms with Gasteiger partial charge in [-0.15, -0.1) is 0 Å². The minimum Gasteiger partial charge on any atom is -0.506 e. The maximum atomic E-state index is 11.6. The lowest BCUT2D eigenvalue weighted by molar-refractivity contribution is -0.141. The molecular formula is C15H21NO5. The second kappa shape index (κ2) is 6.47. The lowest BCUT2D eigenvalue weighted by atomic mass is 10.0. The molecule has 0 aliphatic heterocycles. The van der Waals surface area contributed by atoms with E-state index in [0.717, 1.165) is 0 Å². The van der Waals surface area contributed by atoms with E-state index in [1.165, 1.54) is 12.1 Å². The number of phenolic OH excluding ortho intramolecular Hbond substituents is 1. The third-order valence-corrected chi connectivity index (χ3v) is 2.66. The molecular weight excluding hydrogens is 274 g/mol. The number of rotatable bonds is 4. The SMILES string of the molecule is CC(Cc1ccc(NC(=O)OC(C)(C)C)c(O)c1)C(=O)O. The molecule has 6 nitrogen and oxygen atoms in total. The van der Waals surface area contributed by atoms with Crippen molar-refractivity contribution in [3.8, 4) is 5.75 Å². The minimum atomic E-state index is -0.898. The van der Waals surface area contributed by atoms with Crippen molar-refractivity contribution in [2.24, 2.45) is 5.92 Å². The fourth-order valence-corrected chi connectivity index (χ4v) is 1.66. The van der Waals surface area contributed by atoms with Crippen LogP contribution in [0.1, 0.15) is 33.3 Å². The zero-order valence-electron chi connectivity index (χ0n) is 12.6. The number of aliphatic carboxylic acids is 1. The number of ether oxygens (including phenoxy) is 1. The summed E-state index contributed by atoms with van der Waals surface area (Å²) in [6.07, 6.45) is -0.361. The predicted octanol–water partition coefficient (Wildman–Crippen LogP) is 3.00. The summed E-state index contributed by atoms with van der Waals surface area (Å²) < 4.78 is 5.08.